The molecule has 0 radical (unpaired) electrons. The summed E-state index contributed by atoms with van der Waals surface area (Å²) >= 11 is 0. The van der Waals surface area contributed by atoms with Gasteiger partial charge in [-0.15, -0.1) is 0 Å². The Morgan fingerprint density at radius 3 is 1.89 bits per heavy atom. The van der Waals surface area contributed by atoms with Gasteiger partial charge in [-0.05, 0) is 12.8 Å². The maximum atomic E-state index is 5.77. The van der Waals surface area contributed by atoms with Gasteiger partial charge >= 0.3 is 0 Å². The SMILES string of the molecule is CCCCCC(CCCCC)N1CC2CC(C1)O2. The Morgan fingerprint density at radius 1 is 0.944 bits per heavy atom. The van der Waals surface area contributed by atoms with Crippen molar-refractivity contribution in [1.29, 1.82) is 0 Å². The zero-order chi connectivity index (χ0) is 12.8. The van der Waals surface area contributed by atoms with Crippen LogP contribution in [0.2, 0.25) is 0 Å². The number of rotatable bonds is 9. The summed E-state index contributed by atoms with van der Waals surface area (Å²) in [6.45, 7) is 7.02. The van der Waals surface area contributed by atoms with Gasteiger partial charge in [-0.1, -0.05) is 52.4 Å². The Balaban J connectivity index is 1.74. The summed E-state index contributed by atoms with van der Waals surface area (Å²) in [6, 6.07) is 0.845. The average Bonchev–Trinajstić information content (AvgIpc) is 2.36. The average molecular weight is 253 g/mol. The summed E-state index contributed by atoms with van der Waals surface area (Å²) in [5.41, 5.74) is 0. The predicted octanol–water partition coefficient (Wildman–Crippen LogP) is 3.99. The molecule has 3 fully saturated rings. The first-order valence-electron chi connectivity index (χ1n) is 8.23. The third-order valence-electron chi connectivity index (χ3n) is 4.59. The quantitative estimate of drug-likeness (QED) is 0.576. The lowest BCUT2D eigenvalue weighted by Crippen LogP contribution is -2.59. The summed E-state index contributed by atoms with van der Waals surface area (Å²) in [4.78, 5) is 2.74. The van der Waals surface area contributed by atoms with Crippen molar-refractivity contribution in [3.8, 4) is 0 Å². The number of piperidine rings is 1. The number of hydrogen-bond donors (Lipinski definition) is 0. The lowest BCUT2D eigenvalue weighted by Gasteiger charge is -2.49. The van der Waals surface area contributed by atoms with E-state index in [0.29, 0.717) is 12.2 Å². The van der Waals surface area contributed by atoms with Crippen LogP contribution in [0, 0.1) is 0 Å². The fourth-order valence-corrected chi connectivity index (χ4v) is 3.45. The normalized spacial score (nSPS) is 27.5. The molecule has 106 valence electrons. The van der Waals surface area contributed by atoms with Crippen LogP contribution in [0.15, 0.2) is 0 Å². The van der Waals surface area contributed by atoms with E-state index in [2.05, 4.69) is 18.7 Å². The number of morpholine rings is 1. The Labute approximate surface area is 113 Å². The molecular weight excluding hydrogens is 222 g/mol. The molecule has 0 aromatic carbocycles. The topological polar surface area (TPSA) is 12.5 Å². The third kappa shape index (κ3) is 3.96. The molecule has 3 aliphatic heterocycles. The molecular formula is C16H31NO. The monoisotopic (exact) mass is 253 g/mol. The fourth-order valence-electron chi connectivity index (χ4n) is 3.45. The maximum absolute atomic E-state index is 5.77. The van der Waals surface area contributed by atoms with Gasteiger partial charge in [0.25, 0.3) is 0 Å². The van der Waals surface area contributed by atoms with Crippen molar-refractivity contribution in [2.75, 3.05) is 13.1 Å². The molecule has 2 bridgehead atoms. The van der Waals surface area contributed by atoms with E-state index in [4.69, 9.17) is 4.74 Å². The van der Waals surface area contributed by atoms with E-state index in [1.165, 1.54) is 70.9 Å². The van der Waals surface area contributed by atoms with Gasteiger partial charge in [-0.3, -0.25) is 4.90 Å². The van der Waals surface area contributed by atoms with Gasteiger partial charge in [0.05, 0.1) is 12.2 Å². The van der Waals surface area contributed by atoms with E-state index >= 15 is 0 Å². The Morgan fingerprint density at radius 2 is 1.44 bits per heavy atom. The number of unbranched alkanes of at least 4 members (excludes halogenated alkanes) is 4. The first-order chi connectivity index (χ1) is 8.83. The summed E-state index contributed by atoms with van der Waals surface area (Å²) in [7, 11) is 0. The molecule has 2 nitrogen and oxygen atoms in total. The highest BCUT2D eigenvalue weighted by atomic mass is 16.5. The maximum Gasteiger partial charge on any atom is 0.0731 e. The van der Waals surface area contributed by atoms with Crippen molar-refractivity contribution >= 4 is 0 Å². The minimum Gasteiger partial charge on any atom is -0.372 e. The molecule has 3 heterocycles. The van der Waals surface area contributed by atoms with Crippen molar-refractivity contribution in [3.05, 3.63) is 0 Å². The van der Waals surface area contributed by atoms with Gasteiger partial charge in [0.15, 0.2) is 0 Å². The van der Waals surface area contributed by atoms with Gasteiger partial charge in [0.1, 0.15) is 0 Å². The number of hydrogen-bond acceptors (Lipinski definition) is 2. The molecule has 2 atom stereocenters. The van der Waals surface area contributed by atoms with Gasteiger partial charge in [0.2, 0.25) is 0 Å². The highest BCUT2D eigenvalue weighted by molar-refractivity contribution is 4.91. The molecule has 2 heteroatoms. The van der Waals surface area contributed by atoms with Crippen LogP contribution >= 0.6 is 0 Å². The smallest absolute Gasteiger partial charge is 0.0731 e. The molecule has 0 aliphatic carbocycles. The van der Waals surface area contributed by atoms with Crippen LogP contribution in [0.3, 0.4) is 0 Å². The first-order valence-corrected chi connectivity index (χ1v) is 8.23. The lowest BCUT2D eigenvalue weighted by molar-refractivity contribution is -0.189. The van der Waals surface area contributed by atoms with E-state index in [1.54, 1.807) is 0 Å². The van der Waals surface area contributed by atoms with E-state index in [0.717, 1.165) is 6.04 Å². The third-order valence-corrected chi connectivity index (χ3v) is 4.59. The van der Waals surface area contributed by atoms with Crippen LogP contribution in [-0.4, -0.2) is 36.2 Å². The summed E-state index contributed by atoms with van der Waals surface area (Å²) in [6.07, 6.45) is 13.6. The molecule has 3 rings (SSSR count). The Bertz CT molecular complexity index is 205. The molecule has 0 aromatic heterocycles. The molecule has 2 unspecified atom stereocenters. The van der Waals surface area contributed by atoms with Crippen LogP contribution < -0.4 is 0 Å². The molecule has 0 aromatic rings. The van der Waals surface area contributed by atoms with Gasteiger partial charge < -0.3 is 4.74 Å². The molecule has 0 spiro atoms. The zero-order valence-electron chi connectivity index (χ0n) is 12.4. The molecule has 0 N–H and O–H groups in total. The van der Waals surface area contributed by atoms with Crippen molar-refractivity contribution in [2.24, 2.45) is 0 Å². The van der Waals surface area contributed by atoms with Crippen LogP contribution in [0.4, 0.5) is 0 Å². The Hall–Kier alpha value is -0.0800. The van der Waals surface area contributed by atoms with Crippen molar-refractivity contribution in [1.82, 2.24) is 4.90 Å². The van der Waals surface area contributed by atoms with Gasteiger partial charge in [-0.25, -0.2) is 0 Å². The summed E-state index contributed by atoms with van der Waals surface area (Å²) < 4.78 is 5.77. The second-order valence-electron chi connectivity index (χ2n) is 6.22. The van der Waals surface area contributed by atoms with Crippen molar-refractivity contribution < 1.29 is 4.74 Å². The summed E-state index contributed by atoms with van der Waals surface area (Å²) in [5.74, 6) is 0. The van der Waals surface area contributed by atoms with Crippen molar-refractivity contribution in [3.63, 3.8) is 0 Å². The van der Waals surface area contributed by atoms with E-state index in [1.807, 2.05) is 0 Å². The minimum atomic E-state index is 0.573. The number of fused-ring (bicyclic) bond motifs is 2. The van der Waals surface area contributed by atoms with E-state index in [9.17, 15) is 0 Å². The first kappa shape index (κ1) is 14.3. The van der Waals surface area contributed by atoms with Crippen LogP contribution in [0.1, 0.15) is 71.6 Å². The molecule has 3 aliphatic rings. The number of nitrogens with zero attached hydrogens (tertiary/aromatic N) is 1. The minimum absolute atomic E-state index is 0.573. The van der Waals surface area contributed by atoms with Gasteiger partial charge in [-0.2, -0.15) is 0 Å². The Kier molecular flexibility index (Phi) is 5.97. The van der Waals surface area contributed by atoms with E-state index < -0.39 is 0 Å². The second-order valence-corrected chi connectivity index (χ2v) is 6.22. The van der Waals surface area contributed by atoms with Crippen molar-refractivity contribution in [2.45, 2.75) is 89.9 Å². The second kappa shape index (κ2) is 7.49. The molecule has 3 saturated heterocycles. The molecule has 0 amide bonds. The standard InChI is InChI=1S/C16H31NO/c1-3-5-7-9-14(10-8-6-4-2)17-12-15-11-16(13-17)18-15/h14-16H,3-13H2,1-2H3. The highest BCUT2D eigenvalue weighted by Crippen LogP contribution is 2.31. The van der Waals surface area contributed by atoms with Crippen LogP contribution in [-0.2, 0) is 4.74 Å². The molecule has 0 saturated carbocycles. The van der Waals surface area contributed by atoms with E-state index in [-0.39, 0.29) is 0 Å². The largest absolute Gasteiger partial charge is 0.372 e. The van der Waals surface area contributed by atoms with Gasteiger partial charge in [0, 0.05) is 25.6 Å². The summed E-state index contributed by atoms with van der Waals surface area (Å²) in [5, 5.41) is 0. The highest BCUT2D eigenvalue weighted by Gasteiger charge is 2.40. The molecule has 18 heavy (non-hydrogen) atoms. The van der Waals surface area contributed by atoms with Crippen LogP contribution in [0.5, 0.6) is 0 Å². The fraction of sp³-hybridized carbons (Fsp3) is 1.00. The zero-order valence-corrected chi connectivity index (χ0v) is 12.4. The lowest BCUT2D eigenvalue weighted by atomic mass is 9.93. The van der Waals surface area contributed by atoms with Crippen LogP contribution in [0.25, 0.3) is 0 Å². The number of ether oxygens (including phenoxy) is 1. The predicted molar refractivity (Wildman–Crippen MR) is 76.9 cm³/mol.